The fraction of sp³-hybridized carbons (Fsp3) is 0.250. The van der Waals surface area contributed by atoms with Gasteiger partial charge in [-0.2, -0.15) is 0 Å². The van der Waals surface area contributed by atoms with Crippen molar-refractivity contribution < 1.29 is 13.1 Å². The van der Waals surface area contributed by atoms with Crippen molar-refractivity contribution in [3.05, 3.63) is 29.3 Å². The van der Waals surface area contributed by atoms with E-state index in [1.54, 1.807) is 0 Å². The van der Waals surface area contributed by atoms with Crippen LogP contribution in [0.15, 0.2) is 18.2 Å². The molecular weight excluding hydrogens is 237 g/mol. The van der Waals surface area contributed by atoms with Crippen LogP contribution in [0.25, 0.3) is 0 Å². The molecule has 0 aliphatic rings. The molecule has 4 heteroatoms. The van der Waals surface area contributed by atoms with Crippen LogP contribution in [0.5, 0.6) is 0 Å². The van der Waals surface area contributed by atoms with Gasteiger partial charge in [0.05, 0.1) is 0 Å². The van der Waals surface area contributed by atoms with Crippen LogP contribution in [0.2, 0.25) is 0 Å². The van der Waals surface area contributed by atoms with Gasteiger partial charge in [-0.15, -0.1) is 0 Å². The van der Waals surface area contributed by atoms with Crippen molar-refractivity contribution in [2.24, 2.45) is 0 Å². The third-order valence-corrected chi connectivity index (χ3v) is 1.54. The van der Waals surface area contributed by atoms with Gasteiger partial charge in [0.1, 0.15) is 0 Å². The summed E-state index contributed by atoms with van der Waals surface area (Å²) in [4.78, 5) is 0. The summed E-state index contributed by atoms with van der Waals surface area (Å²) in [7, 11) is 9.53. The summed E-state index contributed by atoms with van der Waals surface area (Å²) in [6.07, 6.45) is 0. The van der Waals surface area contributed by atoms with Gasteiger partial charge < -0.3 is 5.73 Å². The molecule has 0 spiro atoms. The molecule has 0 saturated carbocycles. The summed E-state index contributed by atoms with van der Waals surface area (Å²) in [5.74, 6) is 0. The Kier molecular flexibility index (Phi) is 6.68. The topological polar surface area (TPSA) is 26.0 Å². The molecule has 0 aliphatic carbocycles. The van der Waals surface area contributed by atoms with E-state index in [1.165, 1.54) is 0 Å². The first kappa shape index (κ1) is 12.1. The Hall–Kier alpha value is 0.119. The van der Waals surface area contributed by atoms with E-state index in [4.69, 9.17) is 25.9 Å². The number of benzene rings is 1. The molecule has 0 aliphatic heterocycles. The maximum atomic E-state index is 5.68. The van der Waals surface area contributed by atoms with Gasteiger partial charge in [0.2, 0.25) is 0 Å². The molecule has 2 N–H and O–H groups in total. The van der Waals surface area contributed by atoms with Gasteiger partial charge in [0.25, 0.3) is 0 Å². The van der Waals surface area contributed by atoms with Crippen molar-refractivity contribution in [2.45, 2.75) is 13.8 Å². The Morgan fingerprint density at radius 3 is 1.75 bits per heavy atom. The molecule has 0 bridgehead atoms. The summed E-state index contributed by atoms with van der Waals surface area (Å²) in [6, 6.07) is 6.05. The summed E-state index contributed by atoms with van der Waals surface area (Å²) < 4.78 is 0. The van der Waals surface area contributed by atoms with Crippen molar-refractivity contribution in [1.82, 2.24) is 0 Å². The van der Waals surface area contributed by atoms with E-state index >= 15 is 0 Å². The SMILES string of the molecule is Cc1cccc(C)c1N.[Cl][Fe][Cl]. The molecule has 1 rings (SSSR count). The van der Waals surface area contributed by atoms with Crippen molar-refractivity contribution >= 4 is 25.9 Å². The summed E-state index contributed by atoms with van der Waals surface area (Å²) in [5.41, 5.74) is 8.92. The fourth-order valence-electron chi connectivity index (χ4n) is 0.827. The van der Waals surface area contributed by atoms with E-state index in [-0.39, 0.29) is 13.1 Å². The van der Waals surface area contributed by atoms with Crippen LogP contribution < -0.4 is 5.73 Å². The monoisotopic (exact) mass is 247 g/mol. The van der Waals surface area contributed by atoms with E-state index in [9.17, 15) is 0 Å². The zero-order valence-corrected chi connectivity index (χ0v) is 9.53. The fourth-order valence-corrected chi connectivity index (χ4v) is 0.827. The zero-order chi connectivity index (χ0) is 9.56. The Morgan fingerprint density at radius 2 is 1.50 bits per heavy atom. The van der Waals surface area contributed by atoms with Crippen LogP contribution in [-0.4, -0.2) is 0 Å². The van der Waals surface area contributed by atoms with Gasteiger partial charge in [-0.25, -0.2) is 0 Å². The van der Waals surface area contributed by atoms with E-state index in [0.717, 1.165) is 16.8 Å². The standard InChI is InChI=1S/C8H11N.2ClH.Fe/c1-6-4-3-5-7(2)8(6)9;;;/h3-5H,9H2,1-2H3;2*1H;/q;;;+2/p-2. The van der Waals surface area contributed by atoms with Crippen LogP contribution in [0.3, 0.4) is 0 Å². The van der Waals surface area contributed by atoms with Crippen molar-refractivity contribution in [2.75, 3.05) is 5.73 Å². The molecule has 0 unspecified atom stereocenters. The molecule has 1 nitrogen and oxygen atoms in total. The third-order valence-electron chi connectivity index (χ3n) is 1.54. The third kappa shape index (κ3) is 4.22. The first-order valence-electron chi connectivity index (χ1n) is 3.30. The second kappa shape index (κ2) is 6.62. The molecule has 0 radical (unpaired) electrons. The molecule has 0 aromatic heterocycles. The number of anilines is 1. The van der Waals surface area contributed by atoms with Crippen molar-refractivity contribution in [3.8, 4) is 0 Å². The van der Waals surface area contributed by atoms with Gasteiger partial charge in [-0.3, -0.25) is 0 Å². The first-order chi connectivity index (χ1) is 5.63. The Bertz CT molecular complexity index is 220. The van der Waals surface area contributed by atoms with Crippen molar-refractivity contribution in [3.63, 3.8) is 0 Å². The molecule has 0 heterocycles. The van der Waals surface area contributed by atoms with Gasteiger partial charge in [0.15, 0.2) is 0 Å². The van der Waals surface area contributed by atoms with Gasteiger partial charge in [-0.05, 0) is 25.0 Å². The molecular formula is C8H11Cl2FeN. The van der Waals surface area contributed by atoms with E-state index in [1.807, 2.05) is 32.0 Å². The summed E-state index contributed by atoms with van der Waals surface area (Å²) in [6.45, 7) is 4.03. The second-order valence-corrected chi connectivity index (χ2v) is 4.18. The van der Waals surface area contributed by atoms with Gasteiger partial charge in [0, 0.05) is 5.69 Å². The molecule has 1 aromatic carbocycles. The summed E-state index contributed by atoms with van der Waals surface area (Å²) in [5, 5.41) is 0. The Morgan fingerprint density at radius 1 is 1.17 bits per heavy atom. The summed E-state index contributed by atoms with van der Waals surface area (Å²) >= 11 is 0.194. The number of halogens is 2. The molecule has 0 amide bonds. The number of hydrogen-bond acceptors (Lipinski definition) is 1. The number of hydrogen-bond donors (Lipinski definition) is 1. The first-order valence-corrected chi connectivity index (χ1v) is 6.34. The number of nitrogens with two attached hydrogens (primary N) is 1. The van der Waals surface area contributed by atoms with Crippen LogP contribution in [0.1, 0.15) is 11.1 Å². The second-order valence-electron chi connectivity index (χ2n) is 2.36. The van der Waals surface area contributed by atoms with Gasteiger partial charge >= 0.3 is 33.3 Å². The molecule has 0 atom stereocenters. The minimum absolute atomic E-state index is 0.194. The number of rotatable bonds is 0. The maximum absolute atomic E-state index is 5.68. The molecule has 0 saturated heterocycles. The molecule has 0 fully saturated rings. The zero-order valence-electron chi connectivity index (χ0n) is 6.92. The number of para-hydroxylation sites is 1. The van der Waals surface area contributed by atoms with E-state index in [2.05, 4.69) is 0 Å². The number of nitrogen functional groups attached to an aromatic ring is 1. The Balaban J connectivity index is 0.000000354. The van der Waals surface area contributed by atoms with Crippen LogP contribution in [-0.2, 0) is 13.1 Å². The van der Waals surface area contributed by atoms with Crippen LogP contribution in [0, 0.1) is 13.8 Å². The molecule has 70 valence electrons. The Labute approximate surface area is 87.8 Å². The normalized spacial score (nSPS) is 9.00. The quantitative estimate of drug-likeness (QED) is 0.553. The van der Waals surface area contributed by atoms with Gasteiger partial charge in [-0.1, -0.05) is 18.2 Å². The van der Waals surface area contributed by atoms with Crippen LogP contribution >= 0.6 is 20.2 Å². The molecule has 12 heavy (non-hydrogen) atoms. The number of aryl methyl sites for hydroxylation is 2. The van der Waals surface area contributed by atoms with Crippen molar-refractivity contribution in [1.29, 1.82) is 0 Å². The average Bonchev–Trinajstić information content (AvgIpc) is 2.02. The minimum atomic E-state index is 0.194. The molecule has 1 aromatic rings. The van der Waals surface area contributed by atoms with E-state index in [0.29, 0.717) is 0 Å². The van der Waals surface area contributed by atoms with E-state index < -0.39 is 0 Å². The average molecular weight is 248 g/mol. The van der Waals surface area contributed by atoms with Crippen LogP contribution in [0.4, 0.5) is 5.69 Å². The predicted molar refractivity (Wildman–Crippen MR) is 52.0 cm³/mol. The predicted octanol–water partition coefficient (Wildman–Crippen LogP) is 3.26.